The van der Waals surface area contributed by atoms with E-state index in [-0.39, 0.29) is 0 Å². The summed E-state index contributed by atoms with van der Waals surface area (Å²) in [6.45, 7) is 11.1. The van der Waals surface area contributed by atoms with E-state index in [4.69, 9.17) is 0 Å². The lowest BCUT2D eigenvalue weighted by atomic mass is 9.79. The van der Waals surface area contributed by atoms with Crippen LogP contribution in [0, 0.1) is 11.8 Å². The Kier molecular flexibility index (Phi) is 5.84. The first kappa shape index (κ1) is 16.5. The van der Waals surface area contributed by atoms with E-state index in [9.17, 15) is 9.90 Å². The highest BCUT2D eigenvalue weighted by molar-refractivity contribution is 5.77. The van der Waals surface area contributed by atoms with Gasteiger partial charge in [-0.1, -0.05) is 33.6 Å². The third-order valence-corrected chi connectivity index (χ3v) is 4.58. The summed E-state index contributed by atoms with van der Waals surface area (Å²) in [5.74, 6) is 0.809. The molecule has 19 heavy (non-hydrogen) atoms. The fourth-order valence-electron chi connectivity index (χ4n) is 3.66. The molecular weight excluding hydrogens is 238 g/mol. The molecule has 1 fully saturated rings. The lowest BCUT2D eigenvalue weighted by Crippen LogP contribution is -2.55. The van der Waals surface area contributed by atoms with E-state index in [0.29, 0.717) is 6.04 Å². The van der Waals surface area contributed by atoms with Crippen molar-refractivity contribution in [2.24, 2.45) is 11.8 Å². The Labute approximate surface area is 118 Å². The standard InChI is InChI=1S/C16H31NO2/c1-6-17(16(4,5)15(18)19)14-9-7-8-13(11-14)10-12(2)3/h12-14H,6-11H2,1-5H3,(H,18,19). The molecule has 1 N–H and O–H groups in total. The summed E-state index contributed by atoms with van der Waals surface area (Å²) < 4.78 is 0. The second-order valence-electron chi connectivity index (χ2n) is 6.97. The lowest BCUT2D eigenvalue weighted by Gasteiger charge is -2.44. The summed E-state index contributed by atoms with van der Waals surface area (Å²) in [5.41, 5.74) is -0.751. The van der Waals surface area contributed by atoms with Gasteiger partial charge in [-0.15, -0.1) is 0 Å². The molecule has 2 atom stereocenters. The Bertz CT molecular complexity index is 299. The maximum atomic E-state index is 11.5. The van der Waals surface area contributed by atoms with Crippen LogP contribution >= 0.6 is 0 Å². The van der Waals surface area contributed by atoms with Gasteiger partial charge >= 0.3 is 5.97 Å². The molecular formula is C16H31NO2. The summed E-state index contributed by atoms with van der Waals surface area (Å²) in [6.07, 6.45) is 6.16. The van der Waals surface area contributed by atoms with Gasteiger partial charge in [-0.25, -0.2) is 0 Å². The molecule has 0 aromatic rings. The van der Waals surface area contributed by atoms with Crippen molar-refractivity contribution >= 4 is 5.97 Å². The van der Waals surface area contributed by atoms with Crippen LogP contribution in [-0.2, 0) is 4.79 Å². The zero-order valence-electron chi connectivity index (χ0n) is 13.3. The van der Waals surface area contributed by atoms with E-state index in [1.54, 1.807) is 0 Å². The molecule has 0 bridgehead atoms. The van der Waals surface area contributed by atoms with Gasteiger partial charge in [0.05, 0.1) is 0 Å². The van der Waals surface area contributed by atoms with Crippen LogP contribution in [0.4, 0.5) is 0 Å². The van der Waals surface area contributed by atoms with Crippen molar-refractivity contribution in [1.29, 1.82) is 0 Å². The summed E-state index contributed by atoms with van der Waals surface area (Å²) in [4.78, 5) is 13.7. The van der Waals surface area contributed by atoms with Crippen LogP contribution in [0.2, 0.25) is 0 Å². The van der Waals surface area contributed by atoms with E-state index >= 15 is 0 Å². The van der Waals surface area contributed by atoms with E-state index in [2.05, 4.69) is 25.7 Å². The molecule has 3 heteroatoms. The van der Waals surface area contributed by atoms with Crippen molar-refractivity contribution in [3.05, 3.63) is 0 Å². The molecule has 0 amide bonds. The number of hydrogen-bond acceptors (Lipinski definition) is 2. The van der Waals surface area contributed by atoms with Crippen molar-refractivity contribution < 1.29 is 9.90 Å². The van der Waals surface area contributed by atoms with Gasteiger partial charge in [-0.2, -0.15) is 0 Å². The van der Waals surface area contributed by atoms with Gasteiger partial charge in [0, 0.05) is 6.04 Å². The predicted molar refractivity (Wildman–Crippen MR) is 79.3 cm³/mol. The SMILES string of the molecule is CCN(C1CCCC(CC(C)C)C1)C(C)(C)C(=O)O. The summed E-state index contributed by atoms with van der Waals surface area (Å²) in [5, 5.41) is 9.44. The minimum absolute atomic E-state index is 0.439. The Morgan fingerprint density at radius 1 is 1.37 bits per heavy atom. The van der Waals surface area contributed by atoms with Crippen LogP contribution in [-0.4, -0.2) is 34.1 Å². The van der Waals surface area contributed by atoms with Crippen molar-refractivity contribution in [1.82, 2.24) is 4.90 Å². The van der Waals surface area contributed by atoms with Gasteiger partial charge in [0.2, 0.25) is 0 Å². The molecule has 1 aliphatic carbocycles. The minimum Gasteiger partial charge on any atom is -0.480 e. The van der Waals surface area contributed by atoms with E-state index < -0.39 is 11.5 Å². The minimum atomic E-state index is -0.751. The van der Waals surface area contributed by atoms with Crippen molar-refractivity contribution in [3.8, 4) is 0 Å². The molecule has 0 heterocycles. The molecule has 3 nitrogen and oxygen atoms in total. The number of aliphatic carboxylic acids is 1. The topological polar surface area (TPSA) is 40.5 Å². The Morgan fingerprint density at radius 2 is 2.00 bits per heavy atom. The molecule has 0 aromatic heterocycles. The van der Waals surface area contributed by atoms with Crippen molar-refractivity contribution in [2.45, 2.75) is 78.3 Å². The Hall–Kier alpha value is -0.570. The second kappa shape index (κ2) is 6.74. The largest absolute Gasteiger partial charge is 0.480 e. The van der Waals surface area contributed by atoms with Gasteiger partial charge in [-0.3, -0.25) is 9.69 Å². The fourth-order valence-corrected chi connectivity index (χ4v) is 3.66. The first-order chi connectivity index (χ1) is 8.78. The van der Waals surface area contributed by atoms with Gasteiger partial charge in [0.15, 0.2) is 0 Å². The second-order valence-corrected chi connectivity index (χ2v) is 6.97. The molecule has 0 aromatic carbocycles. The fraction of sp³-hybridized carbons (Fsp3) is 0.938. The van der Waals surface area contributed by atoms with Gasteiger partial charge in [-0.05, 0) is 51.5 Å². The summed E-state index contributed by atoms with van der Waals surface area (Å²) in [7, 11) is 0. The van der Waals surface area contributed by atoms with Crippen LogP contribution < -0.4 is 0 Å². The lowest BCUT2D eigenvalue weighted by molar-refractivity contribution is -0.151. The molecule has 1 aliphatic rings. The van der Waals surface area contributed by atoms with Crippen molar-refractivity contribution in [3.63, 3.8) is 0 Å². The number of carboxylic acid groups (broad SMARTS) is 1. The van der Waals surface area contributed by atoms with E-state index in [1.165, 1.54) is 25.7 Å². The van der Waals surface area contributed by atoms with Crippen LogP contribution in [0.15, 0.2) is 0 Å². The average Bonchev–Trinajstić information content (AvgIpc) is 2.28. The Morgan fingerprint density at radius 3 is 2.47 bits per heavy atom. The zero-order chi connectivity index (χ0) is 14.6. The number of nitrogens with zero attached hydrogens (tertiary/aromatic N) is 1. The van der Waals surface area contributed by atoms with Gasteiger partial charge in [0.1, 0.15) is 5.54 Å². The first-order valence-corrected chi connectivity index (χ1v) is 7.79. The molecule has 0 saturated heterocycles. The number of likely N-dealkylation sites (N-methyl/N-ethyl adjacent to an activating group) is 1. The Balaban J connectivity index is 2.73. The molecule has 112 valence electrons. The quantitative estimate of drug-likeness (QED) is 0.798. The third-order valence-electron chi connectivity index (χ3n) is 4.58. The first-order valence-electron chi connectivity index (χ1n) is 7.79. The van der Waals surface area contributed by atoms with Crippen LogP contribution in [0.3, 0.4) is 0 Å². The summed E-state index contributed by atoms with van der Waals surface area (Å²) >= 11 is 0. The highest BCUT2D eigenvalue weighted by Gasteiger charge is 2.39. The van der Waals surface area contributed by atoms with Gasteiger partial charge < -0.3 is 5.11 Å². The van der Waals surface area contributed by atoms with Crippen molar-refractivity contribution in [2.75, 3.05) is 6.54 Å². The molecule has 2 unspecified atom stereocenters. The van der Waals surface area contributed by atoms with Crippen LogP contribution in [0.1, 0.15) is 66.7 Å². The predicted octanol–water partition coefficient (Wildman–Crippen LogP) is 3.78. The number of hydrogen-bond donors (Lipinski definition) is 1. The summed E-state index contributed by atoms with van der Waals surface area (Å²) in [6, 6.07) is 0.439. The molecule has 0 spiro atoms. The molecule has 0 radical (unpaired) electrons. The normalized spacial score (nSPS) is 25.0. The third kappa shape index (κ3) is 4.20. The zero-order valence-corrected chi connectivity index (χ0v) is 13.3. The average molecular weight is 269 g/mol. The number of rotatable bonds is 6. The van der Waals surface area contributed by atoms with Crippen LogP contribution in [0.25, 0.3) is 0 Å². The molecule has 0 aliphatic heterocycles. The smallest absolute Gasteiger partial charge is 0.323 e. The van der Waals surface area contributed by atoms with Gasteiger partial charge in [0.25, 0.3) is 0 Å². The molecule has 1 rings (SSSR count). The van der Waals surface area contributed by atoms with E-state index in [1.807, 2.05) is 13.8 Å². The monoisotopic (exact) mass is 269 g/mol. The molecule has 1 saturated carbocycles. The van der Waals surface area contributed by atoms with Crippen LogP contribution in [0.5, 0.6) is 0 Å². The maximum absolute atomic E-state index is 11.5. The number of carbonyl (C=O) groups is 1. The highest BCUT2D eigenvalue weighted by Crippen LogP contribution is 2.34. The van der Waals surface area contributed by atoms with E-state index in [0.717, 1.165) is 24.8 Å². The number of carboxylic acids is 1. The maximum Gasteiger partial charge on any atom is 0.323 e. The highest BCUT2D eigenvalue weighted by atomic mass is 16.4.